The Morgan fingerprint density at radius 1 is 1.38 bits per heavy atom. The molecule has 1 spiro atoms. The lowest BCUT2D eigenvalue weighted by Crippen LogP contribution is -2.34. The van der Waals surface area contributed by atoms with Crippen LogP contribution in [0.4, 0.5) is 0 Å². The fourth-order valence-corrected chi connectivity index (χ4v) is 2.87. The van der Waals surface area contributed by atoms with Gasteiger partial charge in [-0.25, -0.2) is 0 Å². The van der Waals surface area contributed by atoms with E-state index in [1.54, 1.807) is 0 Å². The Kier molecular flexibility index (Phi) is 1.99. The quantitative estimate of drug-likeness (QED) is 0.675. The van der Waals surface area contributed by atoms with Gasteiger partial charge in [-0.2, -0.15) is 0 Å². The predicted molar refractivity (Wildman–Crippen MR) is 61.5 cm³/mol. The van der Waals surface area contributed by atoms with Crippen LogP contribution in [-0.4, -0.2) is 17.5 Å². The van der Waals surface area contributed by atoms with Crippen molar-refractivity contribution in [3.05, 3.63) is 35.4 Å². The van der Waals surface area contributed by atoms with Crippen molar-refractivity contribution >= 4 is 5.78 Å². The van der Waals surface area contributed by atoms with Crippen molar-refractivity contribution in [3.8, 4) is 0 Å². The van der Waals surface area contributed by atoms with E-state index in [-0.39, 0.29) is 11.9 Å². The Labute approximate surface area is 95.6 Å². The van der Waals surface area contributed by atoms with Gasteiger partial charge >= 0.3 is 0 Å². The van der Waals surface area contributed by atoms with Crippen molar-refractivity contribution in [3.63, 3.8) is 0 Å². The number of rotatable bonds is 1. The van der Waals surface area contributed by atoms with Crippen molar-refractivity contribution in [2.45, 2.75) is 38.4 Å². The summed E-state index contributed by atoms with van der Waals surface area (Å²) in [5, 5.41) is 0. The molecule has 3 rings (SSSR count). The SMILES string of the molecule is CC(C)C1OC12CCc1ccccc1C2=O. The number of ether oxygens (including phenoxy) is 1. The van der Waals surface area contributed by atoms with E-state index in [1.807, 2.05) is 24.3 Å². The number of ketones is 1. The van der Waals surface area contributed by atoms with Crippen molar-refractivity contribution < 1.29 is 9.53 Å². The fourth-order valence-electron chi connectivity index (χ4n) is 2.87. The molecule has 16 heavy (non-hydrogen) atoms. The first kappa shape index (κ1) is 10.0. The first-order chi connectivity index (χ1) is 7.65. The van der Waals surface area contributed by atoms with Crippen LogP contribution in [-0.2, 0) is 11.2 Å². The van der Waals surface area contributed by atoms with Crippen LogP contribution in [0.15, 0.2) is 24.3 Å². The van der Waals surface area contributed by atoms with Crippen LogP contribution >= 0.6 is 0 Å². The van der Waals surface area contributed by atoms with E-state index in [1.165, 1.54) is 5.56 Å². The summed E-state index contributed by atoms with van der Waals surface area (Å²) in [6, 6.07) is 7.91. The van der Waals surface area contributed by atoms with Gasteiger partial charge in [-0.3, -0.25) is 4.79 Å². The van der Waals surface area contributed by atoms with Crippen LogP contribution in [0.3, 0.4) is 0 Å². The molecule has 1 aliphatic heterocycles. The second kappa shape index (κ2) is 3.17. The maximum Gasteiger partial charge on any atom is 0.197 e. The Hall–Kier alpha value is -1.15. The number of aryl methyl sites for hydroxylation is 1. The number of fused-ring (bicyclic) bond motifs is 1. The number of hydrogen-bond acceptors (Lipinski definition) is 2. The molecule has 0 amide bonds. The van der Waals surface area contributed by atoms with E-state index in [9.17, 15) is 4.79 Å². The fraction of sp³-hybridized carbons (Fsp3) is 0.500. The molecule has 1 heterocycles. The molecule has 0 aromatic heterocycles. The average molecular weight is 216 g/mol. The van der Waals surface area contributed by atoms with Crippen LogP contribution in [0.25, 0.3) is 0 Å². The molecule has 2 atom stereocenters. The van der Waals surface area contributed by atoms with Gasteiger partial charge in [0, 0.05) is 5.56 Å². The van der Waals surface area contributed by atoms with Crippen LogP contribution < -0.4 is 0 Å². The Bertz CT molecular complexity index is 450. The van der Waals surface area contributed by atoms with Crippen LogP contribution in [0.5, 0.6) is 0 Å². The topological polar surface area (TPSA) is 29.6 Å². The largest absolute Gasteiger partial charge is 0.357 e. The molecule has 1 aromatic rings. The maximum absolute atomic E-state index is 12.4. The molecule has 0 saturated carbocycles. The summed E-state index contributed by atoms with van der Waals surface area (Å²) >= 11 is 0. The molecule has 0 N–H and O–H groups in total. The summed E-state index contributed by atoms with van der Waals surface area (Å²) in [5.74, 6) is 0.627. The number of benzene rings is 1. The Balaban J connectivity index is 1.97. The lowest BCUT2D eigenvalue weighted by atomic mass is 9.78. The third-order valence-corrected chi connectivity index (χ3v) is 3.76. The van der Waals surface area contributed by atoms with Crippen LogP contribution in [0.1, 0.15) is 36.2 Å². The standard InChI is InChI=1S/C14H16O2/c1-9(2)13-14(16-13)8-7-10-5-3-4-6-11(10)12(14)15/h3-6,9,13H,7-8H2,1-2H3. The van der Waals surface area contributed by atoms with E-state index < -0.39 is 5.60 Å². The van der Waals surface area contributed by atoms with Crippen molar-refractivity contribution in [1.29, 1.82) is 0 Å². The molecule has 2 heteroatoms. The third-order valence-electron chi connectivity index (χ3n) is 3.76. The van der Waals surface area contributed by atoms with E-state index in [2.05, 4.69) is 13.8 Å². The summed E-state index contributed by atoms with van der Waals surface area (Å²) in [4.78, 5) is 12.4. The summed E-state index contributed by atoms with van der Waals surface area (Å²) in [6.07, 6.45) is 1.95. The molecule has 1 aliphatic carbocycles. The second-order valence-electron chi connectivity index (χ2n) is 5.16. The molecule has 1 fully saturated rings. The Morgan fingerprint density at radius 3 is 2.81 bits per heavy atom. The number of Topliss-reactive ketones (excluding diaryl/α,β-unsaturated/α-hetero) is 1. The van der Waals surface area contributed by atoms with Gasteiger partial charge in [-0.1, -0.05) is 38.1 Å². The summed E-state index contributed by atoms with van der Waals surface area (Å²) < 4.78 is 5.73. The maximum atomic E-state index is 12.4. The highest BCUT2D eigenvalue weighted by Crippen LogP contribution is 2.49. The highest BCUT2D eigenvalue weighted by atomic mass is 16.6. The molecular weight excluding hydrogens is 200 g/mol. The number of epoxide rings is 1. The van der Waals surface area contributed by atoms with E-state index in [0.717, 1.165) is 18.4 Å². The molecule has 1 aromatic carbocycles. The van der Waals surface area contributed by atoms with E-state index in [0.29, 0.717) is 5.92 Å². The van der Waals surface area contributed by atoms with Gasteiger partial charge in [-0.15, -0.1) is 0 Å². The molecule has 2 aliphatic rings. The summed E-state index contributed by atoms with van der Waals surface area (Å²) in [7, 11) is 0. The number of carbonyl (C=O) groups is 1. The molecular formula is C14H16O2. The molecule has 0 radical (unpaired) electrons. The second-order valence-corrected chi connectivity index (χ2v) is 5.16. The lowest BCUT2D eigenvalue weighted by Gasteiger charge is -2.21. The van der Waals surface area contributed by atoms with Gasteiger partial charge in [0.15, 0.2) is 11.4 Å². The summed E-state index contributed by atoms with van der Waals surface area (Å²) in [5.41, 5.74) is 1.58. The first-order valence-electron chi connectivity index (χ1n) is 5.96. The highest BCUT2D eigenvalue weighted by Gasteiger charge is 2.64. The van der Waals surface area contributed by atoms with Gasteiger partial charge in [0.25, 0.3) is 0 Å². The van der Waals surface area contributed by atoms with Gasteiger partial charge in [0.05, 0.1) is 6.10 Å². The van der Waals surface area contributed by atoms with Gasteiger partial charge in [-0.05, 0) is 24.3 Å². The highest BCUT2D eigenvalue weighted by molar-refractivity contribution is 6.06. The van der Waals surface area contributed by atoms with E-state index in [4.69, 9.17) is 4.74 Å². The average Bonchev–Trinajstić information content (AvgIpc) is 3.01. The number of hydrogen-bond donors (Lipinski definition) is 0. The first-order valence-corrected chi connectivity index (χ1v) is 5.96. The summed E-state index contributed by atoms with van der Waals surface area (Å²) in [6.45, 7) is 4.24. The predicted octanol–water partition coefficient (Wildman–Crippen LogP) is 2.61. The minimum atomic E-state index is -0.470. The monoisotopic (exact) mass is 216 g/mol. The van der Waals surface area contributed by atoms with Gasteiger partial charge < -0.3 is 4.74 Å². The smallest absolute Gasteiger partial charge is 0.197 e. The van der Waals surface area contributed by atoms with E-state index >= 15 is 0 Å². The van der Waals surface area contributed by atoms with Crippen molar-refractivity contribution in [2.75, 3.05) is 0 Å². The lowest BCUT2D eigenvalue weighted by molar-refractivity contribution is 0.0850. The van der Waals surface area contributed by atoms with Crippen LogP contribution in [0.2, 0.25) is 0 Å². The van der Waals surface area contributed by atoms with Gasteiger partial charge in [0.2, 0.25) is 0 Å². The minimum Gasteiger partial charge on any atom is -0.357 e. The zero-order chi connectivity index (χ0) is 11.3. The molecule has 2 unspecified atom stereocenters. The molecule has 2 nitrogen and oxygen atoms in total. The third kappa shape index (κ3) is 1.20. The van der Waals surface area contributed by atoms with Crippen molar-refractivity contribution in [2.24, 2.45) is 5.92 Å². The van der Waals surface area contributed by atoms with Gasteiger partial charge in [0.1, 0.15) is 0 Å². The molecule has 84 valence electrons. The molecule has 1 saturated heterocycles. The Morgan fingerprint density at radius 2 is 2.12 bits per heavy atom. The minimum absolute atomic E-state index is 0.133. The normalized spacial score (nSPS) is 31.9. The number of carbonyl (C=O) groups excluding carboxylic acids is 1. The zero-order valence-electron chi connectivity index (χ0n) is 9.69. The molecule has 0 bridgehead atoms. The zero-order valence-corrected chi connectivity index (χ0v) is 9.69. The van der Waals surface area contributed by atoms with Crippen molar-refractivity contribution in [1.82, 2.24) is 0 Å². The van der Waals surface area contributed by atoms with Crippen LogP contribution in [0, 0.1) is 5.92 Å².